The molecular weight excluding hydrogens is 130 g/mol. The molecule has 1 radical (unpaired) electrons. The molecule has 0 rings (SSSR count). The molecule has 3 nitrogen and oxygen atoms in total. The molecule has 0 saturated heterocycles. The third-order valence-electron chi connectivity index (χ3n) is 1.70. The number of hydrogen-bond donors (Lipinski definition) is 0. The molecule has 0 heterocycles. The summed E-state index contributed by atoms with van der Waals surface area (Å²) in [5.41, 5.74) is 0. The lowest BCUT2D eigenvalue weighted by Gasteiger charge is -2.22. The van der Waals surface area contributed by atoms with Crippen LogP contribution in [0.4, 0.5) is 4.79 Å². The summed E-state index contributed by atoms with van der Waals surface area (Å²) in [6.45, 7) is 6.15. The molecule has 0 N–H and O–H groups in total. The minimum Gasteiger partial charge on any atom is -0.303 e. The van der Waals surface area contributed by atoms with Gasteiger partial charge in [-0.2, -0.15) is 0 Å². The molecule has 1 atom stereocenters. The maximum Gasteiger partial charge on any atom is 0.453 e. The number of hydrogen-bond acceptors (Lipinski definition) is 1. The fourth-order valence-corrected chi connectivity index (χ4v) is 0.841. The van der Waals surface area contributed by atoms with Gasteiger partial charge in [-0.3, -0.25) is 0 Å². The van der Waals surface area contributed by atoms with Crippen molar-refractivity contribution < 1.29 is 9.90 Å². The molecule has 0 aliphatic carbocycles. The Bertz CT molecular complexity index is 114. The Morgan fingerprint density at radius 1 is 1.50 bits per heavy atom. The van der Waals surface area contributed by atoms with Crippen LogP contribution < -0.4 is 0 Å². The normalized spacial score (nSPS) is 12.7. The first-order valence-electron chi connectivity index (χ1n) is 3.61. The summed E-state index contributed by atoms with van der Waals surface area (Å²) in [5.74, 6) is 0. The summed E-state index contributed by atoms with van der Waals surface area (Å²) in [6.07, 6.45) is -0.237. The van der Waals surface area contributed by atoms with E-state index in [9.17, 15) is 9.90 Å². The Morgan fingerprint density at radius 2 is 2.00 bits per heavy atom. The smallest absolute Gasteiger partial charge is 0.303 e. The Morgan fingerprint density at radius 3 is 2.10 bits per heavy atom. The Balaban J connectivity index is 3.92. The summed E-state index contributed by atoms with van der Waals surface area (Å²) >= 11 is 0. The van der Waals surface area contributed by atoms with Crippen molar-refractivity contribution in [2.24, 2.45) is 0 Å². The second-order valence-corrected chi connectivity index (χ2v) is 2.31. The lowest BCUT2D eigenvalue weighted by Crippen LogP contribution is -2.36. The van der Waals surface area contributed by atoms with E-state index in [0.29, 0.717) is 6.54 Å². The van der Waals surface area contributed by atoms with Gasteiger partial charge in [-0.05, 0) is 20.3 Å². The van der Waals surface area contributed by atoms with E-state index in [0.717, 1.165) is 6.42 Å². The summed E-state index contributed by atoms with van der Waals surface area (Å²) in [7, 11) is 0. The standard InChI is InChI=1S/C7H14NO2/c1-4-6(3)8(5-2)7(9)10/h6H,4-5H2,1-3H3. The number of rotatable bonds is 3. The van der Waals surface area contributed by atoms with Gasteiger partial charge in [-0.1, -0.05) is 6.92 Å². The highest BCUT2D eigenvalue weighted by molar-refractivity contribution is 5.64. The highest BCUT2D eigenvalue weighted by atomic mass is 16.4. The molecule has 0 fully saturated rings. The van der Waals surface area contributed by atoms with Gasteiger partial charge < -0.3 is 4.90 Å². The van der Waals surface area contributed by atoms with Gasteiger partial charge in [-0.15, -0.1) is 0 Å². The Hall–Kier alpha value is -0.730. The Labute approximate surface area is 61.6 Å². The number of nitrogens with zero attached hydrogens (tertiary/aromatic N) is 1. The van der Waals surface area contributed by atoms with Gasteiger partial charge in [0.1, 0.15) is 0 Å². The van der Waals surface area contributed by atoms with E-state index in [1.807, 2.05) is 20.8 Å². The van der Waals surface area contributed by atoms with Crippen molar-refractivity contribution in [3.8, 4) is 0 Å². The third kappa shape index (κ3) is 2.25. The minimum atomic E-state index is -1.07. The maximum absolute atomic E-state index is 10.3. The molecular formula is C7H14NO2. The largest absolute Gasteiger partial charge is 0.453 e. The van der Waals surface area contributed by atoms with Gasteiger partial charge in [0.2, 0.25) is 0 Å². The van der Waals surface area contributed by atoms with Crippen molar-refractivity contribution in [1.29, 1.82) is 0 Å². The Kier molecular flexibility index (Phi) is 3.84. The molecule has 0 aromatic rings. The van der Waals surface area contributed by atoms with Crippen LogP contribution in [0.1, 0.15) is 27.2 Å². The highest BCUT2D eigenvalue weighted by Crippen LogP contribution is 2.02. The lowest BCUT2D eigenvalue weighted by molar-refractivity contribution is 0.106. The first-order chi connectivity index (χ1) is 4.63. The van der Waals surface area contributed by atoms with Crippen molar-refractivity contribution in [3.63, 3.8) is 0 Å². The predicted molar refractivity (Wildman–Crippen MR) is 38.2 cm³/mol. The van der Waals surface area contributed by atoms with Crippen LogP contribution in [0.2, 0.25) is 0 Å². The van der Waals surface area contributed by atoms with E-state index < -0.39 is 6.09 Å². The molecule has 59 valence electrons. The van der Waals surface area contributed by atoms with E-state index in [-0.39, 0.29) is 6.04 Å². The fourth-order valence-electron chi connectivity index (χ4n) is 0.841. The molecule has 0 aromatic carbocycles. The number of carbonyl (C=O) groups is 1. The van der Waals surface area contributed by atoms with Crippen molar-refractivity contribution in [3.05, 3.63) is 0 Å². The minimum absolute atomic E-state index is 0.0787. The van der Waals surface area contributed by atoms with Crippen molar-refractivity contribution in [2.75, 3.05) is 6.54 Å². The molecule has 0 bridgehead atoms. The zero-order valence-corrected chi connectivity index (χ0v) is 6.76. The fraction of sp³-hybridized carbons (Fsp3) is 0.857. The van der Waals surface area contributed by atoms with Gasteiger partial charge in [-0.25, -0.2) is 9.90 Å². The van der Waals surface area contributed by atoms with E-state index in [2.05, 4.69) is 0 Å². The van der Waals surface area contributed by atoms with Crippen LogP contribution in [0, 0.1) is 0 Å². The second kappa shape index (κ2) is 4.14. The zero-order chi connectivity index (χ0) is 8.15. The summed E-state index contributed by atoms with van der Waals surface area (Å²) in [5, 5.41) is 10.3. The van der Waals surface area contributed by atoms with Crippen LogP contribution >= 0.6 is 0 Å². The van der Waals surface area contributed by atoms with Gasteiger partial charge in [0.25, 0.3) is 0 Å². The van der Waals surface area contributed by atoms with Crippen LogP contribution in [0.15, 0.2) is 0 Å². The third-order valence-corrected chi connectivity index (χ3v) is 1.70. The van der Waals surface area contributed by atoms with Crippen LogP contribution in [0.5, 0.6) is 0 Å². The molecule has 0 saturated carbocycles. The molecule has 0 aromatic heterocycles. The van der Waals surface area contributed by atoms with Gasteiger partial charge in [0, 0.05) is 12.6 Å². The monoisotopic (exact) mass is 144 g/mol. The number of amides is 1. The van der Waals surface area contributed by atoms with Crippen LogP contribution in [0.3, 0.4) is 0 Å². The average molecular weight is 144 g/mol. The summed E-state index contributed by atoms with van der Waals surface area (Å²) in [4.78, 5) is 11.7. The molecule has 0 aliphatic heterocycles. The van der Waals surface area contributed by atoms with E-state index >= 15 is 0 Å². The van der Waals surface area contributed by atoms with Crippen molar-refractivity contribution >= 4 is 6.09 Å². The molecule has 1 unspecified atom stereocenters. The quantitative estimate of drug-likeness (QED) is 0.593. The lowest BCUT2D eigenvalue weighted by atomic mass is 10.2. The highest BCUT2D eigenvalue weighted by Gasteiger charge is 2.16. The first kappa shape index (κ1) is 9.27. The average Bonchev–Trinajstić information content (AvgIpc) is 1.88. The van der Waals surface area contributed by atoms with Crippen LogP contribution in [0.25, 0.3) is 0 Å². The number of carbonyl (C=O) groups excluding carboxylic acids is 1. The van der Waals surface area contributed by atoms with Crippen molar-refractivity contribution in [1.82, 2.24) is 4.90 Å². The summed E-state index contributed by atoms with van der Waals surface area (Å²) < 4.78 is 0. The molecule has 10 heavy (non-hydrogen) atoms. The van der Waals surface area contributed by atoms with E-state index in [1.54, 1.807) is 0 Å². The second-order valence-electron chi connectivity index (χ2n) is 2.31. The van der Waals surface area contributed by atoms with Crippen LogP contribution in [-0.2, 0) is 5.11 Å². The molecule has 0 aliphatic rings. The van der Waals surface area contributed by atoms with E-state index in [4.69, 9.17) is 0 Å². The first-order valence-corrected chi connectivity index (χ1v) is 3.61. The van der Waals surface area contributed by atoms with Crippen molar-refractivity contribution in [2.45, 2.75) is 33.2 Å². The molecule has 1 amide bonds. The van der Waals surface area contributed by atoms with Gasteiger partial charge in [0.15, 0.2) is 0 Å². The molecule has 0 spiro atoms. The summed E-state index contributed by atoms with van der Waals surface area (Å²) in [6, 6.07) is 0.0787. The maximum atomic E-state index is 10.3. The SMILES string of the molecule is CCC(C)N(CC)C([O])=O. The van der Waals surface area contributed by atoms with Crippen LogP contribution in [-0.4, -0.2) is 23.6 Å². The van der Waals surface area contributed by atoms with Gasteiger partial charge >= 0.3 is 6.09 Å². The van der Waals surface area contributed by atoms with Gasteiger partial charge in [0.05, 0.1) is 0 Å². The topological polar surface area (TPSA) is 40.2 Å². The molecule has 3 heteroatoms. The predicted octanol–water partition coefficient (Wildman–Crippen LogP) is 1.66. The van der Waals surface area contributed by atoms with E-state index in [1.165, 1.54) is 4.90 Å². The zero-order valence-electron chi connectivity index (χ0n) is 6.76.